The Morgan fingerprint density at radius 1 is 1.06 bits per heavy atom. The average molecular weight is 419 g/mol. The van der Waals surface area contributed by atoms with Crippen molar-refractivity contribution in [1.29, 1.82) is 0 Å². The van der Waals surface area contributed by atoms with Crippen molar-refractivity contribution in [2.24, 2.45) is 0 Å². The van der Waals surface area contributed by atoms with E-state index in [-0.39, 0.29) is 11.9 Å². The molecule has 3 amide bonds. The Morgan fingerprint density at radius 3 is 2.58 bits per heavy atom. The SMILES string of the molecule is CCCN1C(=O)[C@@H]2Cc3c([nH]c4ccccc34)[C@H](c3ccc(OC)c(OC)c3)N2C1=O. The number of urea groups is 1. The van der Waals surface area contributed by atoms with Gasteiger partial charge in [0, 0.05) is 29.6 Å². The van der Waals surface area contributed by atoms with E-state index in [9.17, 15) is 9.59 Å². The number of methoxy groups -OCH3 is 2. The lowest BCUT2D eigenvalue weighted by Gasteiger charge is -2.36. The third kappa shape index (κ3) is 2.80. The van der Waals surface area contributed by atoms with Gasteiger partial charge in [0.25, 0.3) is 5.91 Å². The quantitative estimate of drug-likeness (QED) is 0.637. The van der Waals surface area contributed by atoms with Crippen molar-refractivity contribution in [3.63, 3.8) is 0 Å². The maximum atomic E-state index is 13.4. The first-order valence-corrected chi connectivity index (χ1v) is 10.5. The Hall–Kier alpha value is -3.48. The molecule has 0 unspecified atom stereocenters. The Balaban J connectivity index is 1.72. The molecule has 0 spiro atoms. The van der Waals surface area contributed by atoms with Crippen LogP contribution in [-0.2, 0) is 11.2 Å². The van der Waals surface area contributed by atoms with Crippen LogP contribution in [0.15, 0.2) is 42.5 Å². The highest BCUT2D eigenvalue weighted by Crippen LogP contribution is 2.45. The standard InChI is InChI=1S/C24H25N3O4/c1-4-11-26-23(28)18-13-16-15-7-5-6-8-17(15)25-21(16)22(27(18)24(26)29)14-9-10-19(30-2)20(12-14)31-3/h5-10,12,18,22,25H,4,11,13H2,1-3H3/t18-,22-/m0/s1. The van der Waals surface area contributed by atoms with Crippen LogP contribution in [-0.4, -0.2) is 53.5 Å². The molecule has 5 rings (SSSR count). The second-order valence-corrected chi connectivity index (χ2v) is 7.98. The predicted octanol–water partition coefficient (Wildman–Crippen LogP) is 3.87. The normalized spacial score (nSPS) is 20.2. The number of rotatable bonds is 5. The largest absolute Gasteiger partial charge is 0.493 e. The van der Waals surface area contributed by atoms with Gasteiger partial charge in [-0.15, -0.1) is 0 Å². The second kappa shape index (κ2) is 7.34. The van der Waals surface area contributed by atoms with Gasteiger partial charge in [-0.3, -0.25) is 14.6 Å². The van der Waals surface area contributed by atoms with Gasteiger partial charge in [0.1, 0.15) is 12.1 Å². The number of para-hydroxylation sites is 1. The first-order valence-electron chi connectivity index (χ1n) is 10.5. The molecule has 1 aromatic heterocycles. The number of H-pyrrole nitrogens is 1. The Morgan fingerprint density at radius 2 is 1.84 bits per heavy atom. The van der Waals surface area contributed by atoms with Gasteiger partial charge in [0.15, 0.2) is 11.5 Å². The molecule has 0 bridgehead atoms. The zero-order valence-electron chi connectivity index (χ0n) is 17.8. The molecule has 3 heterocycles. The highest BCUT2D eigenvalue weighted by atomic mass is 16.5. The lowest BCUT2D eigenvalue weighted by molar-refractivity contribution is -0.128. The van der Waals surface area contributed by atoms with E-state index >= 15 is 0 Å². The number of hydrogen-bond donors (Lipinski definition) is 1. The smallest absolute Gasteiger partial charge is 0.328 e. The van der Waals surface area contributed by atoms with Crippen molar-refractivity contribution < 1.29 is 19.1 Å². The van der Waals surface area contributed by atoms with Crippen LogP contribution < -0.4 is 9.47 Å². The summed E-state index contributed by atoms with van der Waals surface area (Å²) in [5, 5.41) is 1.09. The number of hydrogen-bond acceptors (Lipinski definition) is 4. The Labute approximate surface area is 180 Å². The first-order chi connectivity index (χ1) is 15.1. The Bertz CT molecular complexity index is 1180. The number of benzene rings is 2. The van der Waals surface area contributed by atoms with Gasteiger partial charge in [-0.2, -0.15) is 0 Å². The van der Waals surface area contributed by atoms with E-state index in [2.05, 4.69) is 11.1 Å². The lowest BCUT2D eigenvalue weighted by Crippen LogP contribution is -2.44. The van der Waals surface area contributed by atoms with Crippen LogP contribution in [0.25, 0.3) is 10.9 Å². The van der Waals surface area contributed by atoms with Gasteiger partial charge in [0.2, 0.25) is 0 Å². The van der Waals surface area contributed by atoms with Crippen molar-refractivity contribution >= 4 is 22.8 Å². The fraction of sp³-hybridized carbons (Fsp3) is 0.333. The molecule has 1 fully saturated rings. The van der Waals surface area contributed by atoms with Gasteiger partial charge < -0.3 is 14.5 Å². The average Bonchev–Trinajstić information content (AvgIpc) is 3.28. The van der Waals surface area contributed by atoms with Crippen LogP contribution in [0.1, 0.15) is 36.2 Å². The lowest BCUT2D eigenvalue weighted by atomic mass is 9.88. The summed E-state index contributed by atoms with van der Waals surface area (Å²) >= 11 is 0. The number of carbonyl (C=O) groups is 2. The molecule has 7 nitrogen and oxygen atoms in total. The van der Waals surface area contributed by atoms with Gasteiger partial charge in [-0.05, 0) is 35.7 Å². The number of nitrogens with one attached hydrogen (secondary N) is 1. The number of amides is 3. The summed E-state index contributed by atoms with van der Waals surface area (Å²) in [6.45, 7) is 2.40. The number of fused-ring (bicyclic) bond motifs is 4. The van der Waals surface area contributed by atoms with Gasteiger partial charge in [0.05, 0.1) is 14.2 Å². The molecule has 31 heavy (non-hydrogen) atoms. The Kier molecular flexibility index (Phi) is 4.61. The van der Waals surface area contributed by atoms with Gasteiger partial charge in [-0.25, -0.2) is 4.79 Å². The molecule has 160 valence electrons. The summed E-state index contributed by atoms with van der Waals surface area (Å²) < 4.78 is 10.9. The number of nitrogens with zero attached hydrogens (tertiary/aromatic N) is 2. The van der Waals surface area contributed by atoms with Crippen LogP contribution in [0.3, 0.4) is 0 Å². The van der Waals surface area contributed by atoms with E-state index in [0.717, 1.165) is 34.1 Å². The molecule has 1 saturated heterocycles. The summed E-state index contributed by atoms with van der Waals surface area (Å²) in [4.78, 5) is 33.3. The topological polar surface area (TPSA) is 74.9 Å². The minimum atomic E-state index is -0.510. The van der Waals surface area contributed by atoms with E-state index in [0.29, 0.717) is 24.5 Å². The minimum Gasteiger partial charge on any atom is -0.493 e. The van der Waals surface area contributed by atoms with Crippen molar-refractivity contribution in [3.05, 3.63) is 59.3 Å². The molecular formula is C24H25N3O4. The zero-order valence-corrected chi connectivity index (χ0v) is 17.8. The van der Waals surface area contributed by atoms with Crippen LogP contribution in [0.5, 0.6) is 11.5 Å². The molecule has 2 aromatic carbocycles. The molecular weight excluding hydrogens is 394 g/mol. The van der Waals surface area contributed by atoms with E-state index in [4.69, 9.17) is 9.47 Å². The summed E-state index contributed by atoms with van der Waals surface area (Å²) in [6, 6.07) is 12.6. The third-order valence-corrected chi connectivity index (χ3v) is 6.30. The molecule has 0 saturated carbocycles. The number of imide groups is 1. The number of aromatic nitrogens is 1. The summed E-state index contributed by atoms with van der Waals surface area (Å²) in [6.07, 6.45) is 1.24. The monoisotopic (exact) mass is 419 g/mol. The molecule has 0 radical (unpaired) electrons. The van der Waals surface area contributed by atoms with Gasteiger partial charge >= 0.3 is 6.03 Å². The molecule has 3 aromatic rings. The van der Waals surface area contributed by atoms with Crippen molar-refractivity contribution in [3.8, 4) is 11.5 Å². The predicted molar refractivity (Wildman–Crippen MR) is 116 cm³/mol. The fourth-order valence-electron chi connectivity index (χ4n) is 4.93. The molecule has 0 aliphatic carbocycles. The van der Waals surface area contributed by atoms with Gasteiger partial charge in [-0.1, -0.05) is 31.2 Å². The van der Waals surface area contributed by atoms with Crippen molar-refractivity contribution in [1.82, 2.24) is 14.8 Å². The van der Waals surface area contributed by atoms with Crippen LogP contribution in [0, 0.1) is 0 Å². The van der Waals surface area contributed by atoms with E-state index in [1.165, 1.54) is 4.90 Å². The maximum Gasteiger partial charge on any atom is 0.328 e. The van der Waals surface area contributed by atoms with E-state index < -0.39 is 12.1 Å². The molecule has 2 aliphatic rings. The summed E-state index contributed by atoms with van der Waals surface area (Å²) in [7, 11) is 3.18. The number of aromatic amines is 1. The second-order valence-electron chi connectivity index (χ2n) is 7.98. The van der Waals surface area contributed by atoms with Crippen molar-refractivity contribution in [2.75, 3.05) is 20.8 Å². The van der Waals surface area contributed by atoms with Crippen LogP contribution in [0.2, 0.25) is 0 Å². The third-order valence-electron chi connectivity index (χ3n) is 6.30. The summed E-state index contributed by atoms with van der Waals surface area (Å²) in [5.74, 6) is 1.09. The molecule has 7 heteroatoms. The summed E-state index contributed by atoms with van der Waals surface area (Å²) in [5.41, 5.74) is 3.92. The minimum absolute atomic E-state index is 0.117. The van der Waals surface area contributed by atoms with Crippen LogP contribution >= 0.6 is 0 Å². The fourth-order valence-corrected chi connectivity index (χ4v) is 4.93. The number of carbonyl (C=O) groups excluding carboxylic acids is 2. The van der Waals surface area contributed by atoms with E-state index in [1.54, 1.807) is 19.1 Å². The molecule has 2 aliphatic heterocycles. The maximum absolute atomic E-state index is 13.4. The highest BCUT2D eigenvalue weighted by Gasteiger charge is 2.52. The zero-order chi connectivity index (χ0) is 21.7. The number of ether oxygens (including phenoxy) is 2. The highest BCUT2D eigenvalue weighted by molar-refractivity contribution is 6.05. The van der Waals surface area contributed by atoms with E-state index in [1.807, 2.05) is 43.3 Å². The first kappa shape index (κ1) is 19.5. The molecule has 2 atom stereocenters. The van der Waals surface area contributed by atoms with Crippen LogP contribution in [0.4, 0.5) is 4.79 Å². The molecule has 1 N–H and O–H groups in total. The van der Waals surface area contributed by atoms with Crippen molar-refractivity contribution in [2.45, 2.75) is 31.8 Å².